The molecule has 0 radical (unpaired) electrons. The van der Waals surface area contributed by atoms with E-state index in [0.717, 1.165) is 12.8 Å². The molecule has 0 aromatic heterocycles. The van der Waals surface area contributed by atoms with Gasteiger partial charge in [-0.1, -0.05) is 27.2 Å². The van der Waals surface area contributed by atoms with E-state index in [0.29, 0.717) is 0 Å². The van der Waals surface area contributed by atoms with Gasteiger partial charge in [0.05, 0.1) is 0 Å². The van der Waals surface area contributed by atoms with Crippen LogP contribution in [0.4, 0.5) is 4.79 Å². The van der Waals surface area contributed by atoms with Gasteiger partial charge in [0.1, 0.15) is 18.2 Å². The van der Waals surface area contributed by atoms with E-state index >= 15 is 0 Å². The average Bonchev–Trinajstić information content (AvgIpc) is 2.31. The van der Waals surface area contributed by atoms with Crippen molar-refractivity contribution < 1.29 is 19.1 Å². The van der Waals surface area contributed by atoms with E-state index in [1.165, 1.54) is 0 Å². The summed E-state index contributed by atoms with van der Waals surface area (Å²) in [5.74, 6) is -0.588. The third kappa shape index (κ3) is 9.28. The highest BCUT2D eigenvalue weighted by atomic mass is 16.6. The van der Waals surface area contributed by atoms with Crippen LogP contribution in [-0.4, -0.2) is 36.4 Å². The number of rotatable bonds is 7. The Morgan fingerprint density at radius 3 is 2.24 bits per heavy atom. The lowest BCUT2D eigenvalue weighted by Gasteiger charge is -2.25. The molecule has 0 spiro atoms. The van der Waals surface area contributed by atoms with Crippen LogP contribution in [0.15, 0.2) is 0 Å². The van der Waals surface area contributed by atoms with Gasteiger partial charge in [-0.3, -0.25) is 0 Å². The van der Waals surface area contributed by atoms with E-state index in [1.807, 2.05) is 20.8 Å². The van der Waals surface area contributed by atoms with E-state index < -0.39 is 23.7 Å². The molecule has 2 atom stereocenters. The standard InChI is InChI=1S/C15H30N2O4/c1-7-8-11(16)9-20-13(18)12(10(2)3)17-14(19)21-15(4,5)6/h10-12H,7-9,16H2,1-6H3,(H,17,19)/t11-,12?/m0/s1. The van der Waals surface area contributed by atoms with E-state index in [2.05, 4.69) is 5.32 Å². The Kier molecular flexibility index (Phi) is 8.32. The number of esters is 1. The molecule has 124 valence electrons. The summed E-state index contributed by atoms with van der Waals surface area (Å²) >= 11 is 0. The minimum atomic E-state index is -0.742. The molecular formula is C15H30N2O4. The van der Waals surface area contributed by atoms with E-state index in [-0.39, 0.29) is 18.6 Å². The molecule has 0 aromatic carbocycles. The van der Waals surface area contributed by atoms with Crippen molar-refractivity contribution in [3.63, 3.8) is 0 Å². The smallest absolute Gasteiger partial charge is 0.408 e. The highest BCUT2D eigenvalue weighted by molar-refractivity contribution is 5.81. The quantitative estimate of drug-likeness (QED) is 0.704. The molecular weight excluding hydrogens is 272 g/mol. The summed E-state index contributed by atoms with van der Waals surface area (Å²) in [5.41, 5.74) is 5.19. The van der Waals surface area contributed by atoms with Gasteiger partial charge in [-0.05, 0) is 33.1 Å². The molecule has 0 saturated carbocycles. The molecule has 1 unspecified atom stereocenters. The number of hydrogen-bond acceptors (Lipinski definition) is 5. The summed E-state index contributed by atoms with van der Waals surface area (Å²) in [6.45, 7) is 11.1. The first-order valence-electron chi connectivity index (χ1n) is 7.48. The van der Waals surface area contributed by atoms with Crippen molar-refractivity contribution in [1.82, 2.24) is 5.32 Å². The lowest BCUT2D eigenvalue weighted by Crippen LogP contribution is -2.47. The first kappa shape index (κ1) is 19.7. The van der Waals surface area contributed by atoms with E-state index in [1.54, 1.807) is 20.8 Å². The minimum absolute atomic E-state index is 0.104. The normalized spacial score (nSPS) is 14.5. The van der Waals surface area contributed by atoms with E-state index in [9.17, 15) is 9.59 Å². The molecule has 6 heteroatoms. The highest BCUT2D eigenvalue weighted by Gasteiger charge is 2.28. The maximum Gasteiger partial charge on any atom is 0.408 e. The second-order valence-electron chi connectivity index (χ2n) is 6.55. The van der Waals surface area contributed by atoms with Crippen molar-refractivity contribution >= 4 is 12.1 Å². The Bertz CT molecular complexity index is 337. The topological polar surface area (TPSA) is 90.6 Å². The van der Waals surface area contributed by atoms with Gasteiger partial charge in [0.15, 0.2) is 0 Å². The SMILES string of the molecule is CCC[C@H](N)COC(=O)C(NC(=O)OC(C)(C)C)C(C)C. The molecule has 3 N–H and O–H groups in total. The molecule has 0 aliphatic carbocycles. The van der Waals surface area contributed by atoms with Gasteiger partial charge in [0.25, 0.3) is 0 Å². The van der Waals surface area contributed by atoms with Crippen LogP contribution in [0, 0.1) is 5.92 Å². The first-order chi connectivity index (χ1) is 9.56. The molecule has 0 heterocycles. The van der Waals surface area contributed by atoms with Crippen molar-refractivity contribution in [3.8, 4) is 0 Å². The number of nitrogens with one attached hydrogen (secondary N) is 1. The van der Waals surface area contributed by atoms with Crippen molar-refractivity contribution in [3.05, 3.63) is 0 Å². The summed E-state index contributed by atoms with van der Waals surface area (Å²) in [7, 11) is 0. The molecule has 6 nitrogen and oxygen atoms in total. The third-order valence-electron chi connectivity index (χ3n) is 2.69. The van der Waals surface area contributed by atoms with E-state index in [4.69, 9.17) is 15.2 Å². The second kappa shape index (κ2) is 8.87. The highest BCUT2D eigenvalue weighted by Crippen LogP contribution is 2.10. The van der Waals surface area contributed by atoms with Gasteiger partial charge in [-0.15, -0.1) is 0 Å². The van der Waals surface area contributed by atoms with Crippen molar-refractivity contribution in [2.45, 2.75) is 72.1 Å². The fourth-order valence-electron chi connectivity index (χ4n) is 1.67. The fraction of sp³-hybridized carbons (Fsp3) is 0.867. The van der Waals surface area contributed by atoms with Gasteiger partial charge < -0.3 is 20.5 Å². The van der Waals surface area contributed by atoms with Gasteiger partial charge in [-0.2, -0.15) is 0 Å². The van der Waals surface area contributed by atoms with Gasteiger partial charge >= 0.3 is 12.1 Å². The van der Waals surface area contributed by atoms with Crippen LogP contribution in [0.1, 0.15) is 54.4 Å². The van der Waals surface area contributed by atoms with Crippen molar-refractivity contribution in [1.29, 1.82) is 0 Å². The molecule has 1 amide bonds. The van der Waals surface area contributed by atoms with Crippen LogP contribution in [0.5, 0.6) is 0 Å². The lowest BCUT2D eigenvalue weighted by molar-refractivity contribution is -0.148. The summed E-state index contributed by atoms with van der Waals surface area (Å²) in [6.07, 6.45) is 1.10. The zero-order valence-corrected chi connectivity index (χ0v) is 14.1. The van der Waals surface area contributed by atoms with Crippen molar-refractivity contribution in [2.75, 3.05) is 6.61 Å². The fourth-order valence-corrected chi connectivity index (χ4v) is 1.67. The predicted octanol–water partition coefficient (Wildman–Crippen LogP) is 2.21. The number of carbonyl (C=O) groups is 2. The van der Waals surface area contributed by atoms with Crippen LogP contribution in [0.3, 0.4) is 0 Å². The van der Waals surface area contributed by atoms with Gasteiger partial charge in [0, 0.05) is 6.04 Å². The summed E-state index contributed by atoms with van der Waals surface area (Å²) in [5, 5.41) is 2.55. The number of alkyl carbamates (subject to hydrolysis) is 1. The van der Waals surface area contributed by atoms with Crippen molar-refractivity contribution in [2.24, 2.45) is 11.7 Å². The molecule has 0 saturated heterocycles. The molecule has 0 fully saturated rings. The largest absolute Gasteiger partial charge is 0.463 e. The Labute approximate surface area is 127 Å². The molecule has 0 bridgehead atoms. The van der Waals surface area contributed by atoms with Gasteiger partial charge in [-0.25, -0.2) is 9.59 Å². The Morgan fingerprint density at radius 2 is 1.81 bits per heavy atom. The first-order valence-corrected chi connectivity index (χ1v) is 7.48. The predicted molar refractivity (Wildman–Crippen MR) is 81.8 cm³/mol. The Hall–Kier alpha value is -1.30. The summed E-state index contributed by atoms with van der Waals surface area (Å²) in [6, 6.07) is -0.915. The number of hydrogen-bond donors (Lipinski definition) is 2. The van der Waals surface area contributed by atoms with Crippen LogP contribution in [0.25, 0.3) is 0 Å². The molecule has 0 aliphatic rings. The van der Waals surface area contributed by atoms with Crippen LogP contribution < -0.4 is 11.1 Å². The zero-order chi connectivity index (χ0) is 16.6. The Morgan fingerprint density at radius 1 is 1.24 bits per heavy atom. The molecule has 0 aliphatic heterocycles. The molecule has 0 rings (SSSR count). The third-order valence-corrected chi connectivity index (χ3v) is 2.69. The summed E-state index contributed by atoms with van der Waals surface area (Å²) < 4.78 is 10.3. The van der Waals surface area contributed by atoms with Crippen LogP contribution in [0.2, 0.25) is 0 Å². The maximum atomic E-state index is 12.0. The lowest BCUT2D eigenvalue weighted by atomic mass is 10.1. The average molecular weight is 302 g/mol. The summed E-state index contributed by atoms with van der Waals surface area (Å²) in [4.78, 5) is 23.8. The molecule has 0 aromatic rings. The minimum Gasteiger partial charge on any atom is -0.463 e. The monoisotopic (exact) mass is 302 g/mol. The number of carbonyl (C=O) groups excluding carboxylic acids is 2. The van der Waals surface area contributed by atoms with Gasteiger partial charge in [0.2, 0.25) is 0 Å². The van der Waals surface area contributed by atoms with Crippen LogP contribution >= 0.6 is 0 Å². The number of nitrogens with two attached hydrogens (primary N) is 1. The number of ether oxygens (including phenoxy) is 2. The zero-order valence-electron chi connectivity index (χ0n) is 14.1. The maximum absolute atomic E-state index is 12.0. The molecule has 21 heavy (non-hydrogen) atoms. The van der Waals surface area contributed by atoms with Crippen LogP contribution in [-0.2, 0) is 14.3 Å². The number of amides is 1. The second-order valence-corrected chi connectivity index (χ2v) is 6.55. The Balaban J connectivity index is 4.47.